The van der Waals surface area contributed by atoms with Crippen LogP contribution in [0.1, 0.15) is 24.5 Å². The Balaban J connectivity index is 1.61. The zero-order valence-corrected chi connectivity index (χ0v) is 13.3. The monoisotopic (exact) mass is 314 g/mol. The van der Waals surface area contributed by atoms with Crippen molar-refractivity contribution in [2.45, 2.75) is 26.2 Å². The van der Waals surface area contributed by atoms with Crippen molar-refractivity contribution < 1.29 is 9.59 Å². The third-order valence-electron chi connectivity index (χ3n) is 3.86. The van der Waals surface area contributed by atoms with Crippen molar-refractivity contribution in [2.24, 2.45) is 0 Å². The van der Waals surface area contributed by atoms with Gasteiger partial charge in [-0.2, -0.15) is 11.3 Å². The third-order valence-corrected chi connectivity index (χ3v) is 4.59. The van der Waals surface area contributed by atoms with Crippen molar-refractivity contribution in [2.75, 3.05) is 16.8 Å². The maximum atomic E-state index is 12.0. The van der Waals surface area contributed by atoms with E-state index in [4.69, 9.17) is 0 Å². The average Bonchev–Trinajstić information content (AvgIpc) is 3.14. The molecule has 0 saturated heterocycles. The predicted molar refractivity (Wildman–Crippen MR) is 89.4 cm³/mol. The van der Waals surface area contributed by atoms with Crippen LogP contribution in [0, 0.1) is 0 Å². The summed E-state index contributed by atoms with van der Waals surface area (Å²) in [5.41, 5.74) is 4.08. The Kier molecular flexibility index (Phi) is 4.24. The minimum absolute atomic E-state index is 0.0209. The lowest BCUT2D eigenvalue weighted by molar-refractivity contribution is -0.117. The molecule has 1 aliphatic heterocycles. The second kappa shape index (κ2) is 6.32. The maximum absolute atomic E-state index is 12.0. The van der Waals surface area contributed by atoms with Crippen LogP contribution in [-0.4, -0.2) is 18.4 Å². The van der Waals surface area contributed by atoms with Gasteiger partial charge in [0.25, 0.3) is 0 Å². The zero-order valence-electron chi connectivity index (χ0n) is 12.5. The molecule has 0 aliphatic carbocycles. The standard InChI is InChI=1S/C17H18N2O2S/c1-12(20)19-8-6-14-10-15(3-4-16(14)19)18-17(21)5-2-13-7-9-22-11-13/h3-4,7,9-11H,2,5-6,8H2,1H3,(H,18,21). The number of carbonyl (C=O) groups is 2. The molecule has 1 aromatic heterocycles. The summed E-state index contributed by atoms with van der Waals surface area (Å²) in [4.78, 5) is 25.3. The molecule has 0 bridgehead atoms. The average molecular weight is 314 g/mol. The Morgan fingerprint density at radius 3 is 2.91 bits per heavy atom. The Morgan fingerprint density at radius 1 is 1.32 bits per heavy atom. The van der Waals surface area contributed by atoms with Gasteiger partial charge >= 0.3 is 0 Å². The van der Waals surface area contributed by atoms with Gasteiger partial charge in [-0.15, -0.1) is 0 Å². The molecule has 114 valence electrons. The molecule has 0 spiro atoms. The number of anilines is 2. The van der Waals surface area contributed by atoms with Crippen molar-refractivity contribution in [3.63, 3.8) is 0 Å². The minimum Gasteiger partial charge on any atom is -0.326 e. The van der Waals surface area contributed by atoms with Crippen LogP contribution < -0.4 is 10.2 Å². The second-order valence-corrected chi connectivity index (χ2v) is 6.22. The predicted octanol–water partition coefficient (Wildman–Crippen LogP) is 3.23. The van der Waals surface area contributed by atoms with Gasteiger partial charge in [0, 0.05) is 31.3 Å². The SMILES string of the molecule is CC(=O)N1CCc2cc(NC(=O)CCc3ccsc3)ccc21. The first kappa shape index (κ1) is 14.8. The van der Waals surface area contributed by atoms with E-state index in [0.29, 0.717) is 6.42 Å². The number of aryl methyl sites for hydroxylation is 1. The minimum atomic E-state index is 0.0209. The number of carbonyl (C=O) groups excluding carboxylic acids is 2. The van der Waals surface area contributed by atoms with E-state index in [9.17, 15) is 9.59 Å². The Bertz CT molecular complexity index is 695. The lowest BCUT2D eigenvalue weighted by atomic mass is 10.1. The summed E-state index contributed by atoms with van der Waals surface area (Å²) in [6.07, 6.45) is 2.08. The summed E-state index contributed by atoms with van der Waals surface area (Å²) in [6.45, 7) is 2.30. The number of hydrogen-bond acceptors (Lipinski definition) is 3. The van der Waals surface area contributed by atoms with E-state index in [2.05, 4.69) is 10.7 Å². The molecule has 1 N–H and O–H groups in total. The molecule has 4 nitrogen and oxygen atoms in total. The van der Waals surface area contributed by atoms with E-state index in [1.54, 1.807) is 23.2 Å². The number of nitrogens with zero attached hydrogens (tertiary/aromatic N) is 1. The van der Waals surface area contributed by atoms with Crippen LogP contribution in [0.2, 0.25) is 0 Å². The van der Waals surface area contributed by atoms with Crippen molar-refractivity contribution in [3.8, 4) is 0 Å². The van der Waals surface area contributed by atoms with E-state index < -0.39 is 0 Å². The van der Waals surface area contributed by atoms with E-state index in [1.165, 1.54) is 5.56 Å². The first-order valence-corrected chi connectivity index (χ1v) is 8.30. The van der Waals surface area contributed by atoms with E-state index in [1.807, 2.05) is 29.6 Å². The highest BCUT2D eigenvalue weighted by Gasteiger charge is 2.22. The molecule has 2 aromatic rings. The molecule has 1 aliphatic rings. The van der Waals surface area contributed by atoms with Gasteiger partial charge in [0.2, 0.25) is 11.8 Å². The highest BCUT2D eigenvalue weighted by molar-refractivity contribution is 7.07. The normalized spacial score (nSPS) is 13.0. The molecule has 0 radical (unpaired) electrons. The molecule has 2 heterocycles. The Hall–Kier alpha value is -2.14. The van der Waals surface area contributed by atoms with Gasteiger partial charge in [0.05, 0.1) is 0 Å². The fourth-order valence-electron chi connectivity index (χ4n) is 2.72. The summed E-state index contributed by atoms with van der Waals surface area (Å²) in [7, 11) is 0. The van der Waals surface area contributed by atoms with Crippen LogP contribution in [0.25, 0.3) is 0 Å². The summed E-state index contributed by atoms with van der Waals surface area (Å²) in [5.74, 6) is 0.0823. The Labute approximate surface area is 133 Å². The van der Waals surface area contributed by atoms with Gasteiger partial charge in [-0.05, 0) is 59.0 Å². The van der Waals surface area contributed by atoms with Crippen LogP contribution in [0.15, 0.2) is 35.0 Å². The molecule has 0 saturated carbocycles. The summed E-state index contributed by atoms with van der Waals surface area (Å²) in [5, 5.41) is 7.03. The molecule has 3 rings (SSSR count). The number of hydrogen-bond donors (Lipinski definition) is 1. The third kappa shape index (κ3) is 3.20. The number of fused-ring (bicyclic) bond motifs is 1. The van der Waals surface area contributed by atoms with E-state index in [0.717, 1.165) is 36.3 Å². The topological polar surface area (TPSA) is 49.4 Å². The van der Waals surface area contributed by atoms with Crippen LogP contribution in [0.4, 0.5) is 11.4 Å². The van der Waals surface area contributed by atoms with Crippen molar-refractivity contribution in [1.82, 2.24) is 0 Å². The smallest absolute Gasteiger partial charge is 0.224 e. The largest absolute Gasteiger partial charge is 0.326 e. The van der Waals surface area contributed by atoms with Gasteiger partial charge in [-0.25, -0.2) is 0 Å². The lowest BCUT2D eigenvalue weighted by Gasteiger charge is -2.15. The molecule has 22 heavy (non-hydrogen) atoms. The maximum Gasteiger partial charge on any atom is 0.224 e. The molecule has 2 amide bonds. The molecule has 5 heteroatoms. The molecule has 0 unspecified atom stereocenters. The van der Waals surface area contributed by atoms with E-state index in [-0.39, 0.29) is 11.8 Å². The highest BCUT2D eigenvalue weighted by atomic mass is 32.1. The lowest BCUT2D eigenvalue weighted by Crippen LogP contribution is -2.25. The highest BCUT2D eigenvalue weighted by Crippen LogP contribution is 2.30. The molecule has 0 atom stereocenters. The van der Waals surface area contributed by atoms with E-state index >= 15 is 0 Å². The fourth-order valence-corrected chi connectivity index (χ4v) is 3.43. The molecule has 1 aromatic carbocycles. The number of amides is 2. The van der Waals surface area contributed by atoms with Crippen LogP contribution in [0.3, 0.4) is 0 Å². The van der Waals surface area contributed by atoms with Gasteiger partial charge in [0.1, 0.15) is 0 Å². The van der Waals surface area contributed by atoms with Gasteiger partial charge < -0.3 is 10.2 Å². The first-order valence-electron chi connectivity index (χ1n) is 7.35. The number of rotatable bonds is 4. The quantitative estimate of drug-likeness (QED) is 0.942. The fraction of sp³-hybridized carbons (Fsp3) is 0.294. The van der Waals surface area contributed by atoms with Gasteiger partial charge in [-0.3, -0.25) is 9.59 Å². The van der Waals surface area contributed by atoms with Crippen LogP contribution >= 0.6 is 11.3 Å². The summed E-state index contributed by atoms with van der Waals surface area (Å²) in [6, 6.07) is 7.80. The van der Waals surface area contributed by atoms with Gasteiger partial charge in [0.15, 0.2) is 0 Å². The second-order valence-electron chi connectivity index (χ2n) is 5.44. The molecular formula is C17H18N2O2S. The first-order chi connectivity index (χ1) is 10.6. The molecule has 0 fully saturated rings. The van der Waals surface area contributed by atoms with Crippen LogP contribution in [-0.2, 0) is 22.4 Å². The van der Waals surface area contributed by atoms with Crippen molar-refractivity contribution >= 4 is 34.5 Å². The molecular weight excluding hydrogens is 296 g/mol. The van der Waals surface area contributed by atoms with Crippen molar-refractivity contribution in [1.29, 1.82) is 0 Å². The summed E-state index contributed by atoms with van der Waals surface area (Å²) >= 11 is 1.65. The van der Waals surface area contributed by atoms with Crippen LogP contribution in [0.5, 0.6) is 0 Å². The number of thiophene rings is 1. The van der Waals surface area contributed by atoms with Gasteiger partial charge in [-0.1, -0.05) is 0 Å². The number of nitrogens with one attached hydrogen (secondary N) is 1. The zero-order chi connectivity index (χ0) is 15.5. The summed E-state index contributed by atoms with van der Waals surface area (Å²) < 4.78 is 0. The number of benzene rings is 1. The van der Waals surface area contributed by atoms with Crippen molar-refractivity contribution in [3.05, 3.63) is 46.2 Å². The Morgan fingerprint density at radius 2 is 2.18 bits per heavy atom.